The molecule has 0 bridgehead atoms. The quantitative estimate of drug-likeness (QED) is 0.842. The fraction of sp³-hybridized carbons (Fsp3) is 0.438. The lowest BCUT2D eigenvalue weighted by molar-refractivity contribution is -0.129. The number of hydrogen-bond acceptors (Lipinski definition) is 5. The molecule has 0 aliphatic carbocycles. The zero-order valence-electron chi connectivity index (χ0n) is 13.6. The van der Waals surface area contributed by atoms with Gasteiger partial charge in [0.25, 0.3) is 0 Å². The van der Waals surface area contributed by atoms with Crippen molar-refractivity contribution in [1.82, 2.24) is 15.5 Å². The molecule has 23 heavy (non-hydrogen) atoms. The van der Waals surface area contributed by atoms with Crippen LogP contribution in [0, 0.1) is 5.41 Å². The van der Waals surface area contributed by atoms with E-state index in [0.717, 1.165) is 5.56 Å². The van der Waals surface area contributed by atoms with E-state index in [4.69, 9.17) is 10.3 Å². The van der Waals surface area contributed by atoms with Gasteiger partial charge in [-0.1, -0.05) is 35.5 Å². The van der Waals surface area contributed by atoms with Crippen molar-refractivity contribution in [1.29, 1.82) is 0 Å². The van der Waals surface area contributed by atoms with Gasteiger partial charge in [0.1, 0.15) is 0 Å². The molecule has 1 aromatic carbocycles. The summed E-state index contributed by atoms with van der Waals surface area (Å²) in [4.78, 5) is 16.4. The molecule has 3 N–H and O–H groups in total. The minimum Gasteiger partial charge on any atom is -0.346 e. The maximum Gasteiger partial charge on any atom is 0.231 e. The van der Waals surface area contributed by atoms with E-state index in [1.807, 2.05) is 37.3 Å². The lowest BCUT2D eigenvalue weighted by Gasteiger charge is -2.23. The number of hydrogen-bond donors (Lipinski definition) is 2. The Balaban J connectivity index is 0.00000264. The van der Waals surface area contributed by atoms with Crippen LogP contribution in [0.25, 0.3) is 0 Å². The summed E-state index contributed by atoms with van der Waals surface area (Å²) < 4.78 is 5.25. The van der Waals surface area contributed by atoms with Crippen LogP contribution in [-0.4, -0.2) is 22.6 Å². The molecule has 1 unspecified atom stereocenters. The Morgan fingerprint density at radius 1 is 1.35 bits per heavy atom. The Labute approximate surface area is 142 Å². The van der Waals surface area contributed by atoms with Gasteiger partial charge in [-0.15, -0.1) is 12.4 Å². The molecule has 2 aromatic rings. The van der Waals surface area contributed by atoms with Crippen molar-refractivity contribution in [2.24, 2.45) is 11.1 Å². The number of aromatic nitrogens is 2. The molecule has 1 aromatic heterocycles. The van der Waals surface area contributed by atoms with E-state index in [1.54, 1.807) is 13.8 Å². The van der Waals surface area contributed by atoms with Crippen molar-refractivity contribution in [2.45, 2.75) is 33.2 Å². The van der Waals surface area contributed by atoms with Gasteiger partial charge in [-0.3, -0.25) is 4.79 Å². The lowest BCUT2D eigenvalue weighted by Crippen LogP contribution is -2.42. The van der Waals surface area contributed by atoms with Crippen LogP contribution in [0.1, 0.15) is 44.1 Å². The number of halogens is 1. The molecule has 0 aliphatic rings. The Bertz CT molecular complexity index is 628. The number of rotatable bonds is 6. The van der Waals surface area contributed by atoms with E-state index >= 15 is 0 Å². The number of amides is 1. The van der Waals surface area contributed by atoms with E-state index in [0.29, 0.717) is 18.1 Å². The van der Waals surface area contributed by atoms with Gasteiger partial charge in [-0.05, 0) is 26.3 Å². The van der Waals surface area contributed by atoms with Crippen LogP contribution in [0.2, 0.25) is 0 Å². The highest BCUT2D eigenvalue weighted by atomic mass is 35.5. The topological polar surface area (TPSA) is 94.0 Å². The van der Waals surface area contributed by atoms with Crippen molar-refractivity contribution in [3.05, 3.63) is 47.6 Å². The highest BCUT2D eigenvalue weighted by Gasteiger charge is 2.28. The fourth-order valence-corrected chi connectivity index (χ4v) is 1.84. The second-order valence-corrected chi connectivity index (χ2v) is 5.99. The number of nitrogens with zero attached hydrogens (tertiary/aromatic N) is 2. The van der Waals surface area contributed by atoms with E-state index < -0.39 is 5.41 Å². The summed E-state index contributed by atoms with van der Waals surface area (Å²) in [6.07, 6.45) is 0.572. The predicted octanol–water partition coefficient (Wildman–Crippen LogP) is 2.24. The van der Waals surface area contributed by atoms with Crippen LogP contribution in [0.4, 0.5) is 0 Å². The molecule has 7 heteroatoms. The van der Waals surface area contributed by atoms with Gasteiger partial charge < -0.3 is 15.6 Å². The number of benzene rings is 1. The SMILES string of the molecule is CC(NC(=O)C(C)(C)CN)c1noc(Cc2ccccc2)n1.Cl. The molecule has 0 fully saturated rings. The Morgan fingerprint density at radius 3 is 2.61 bits per heavy atom. The zero-order chi connectivity index (χ0) is 16.2. The van der Waals surface area contributed by atoms with Crippen LogP contribution in [0.15, 0.2) is 34.9 Å². The maximum absolute atomic E-state index is 12.1. The summed E-state index contributed by atoms with van der Waals surface area (Å²) >= 11 is 0. The number of carbonyl (C=O) groups excluding carboxylic acids is 1. The van der Waals surface area contributed by atoms with Crippen LogP contribution in [0.5, 0.6) is 0 Å². The third-order valence-electron chi connectivity index (χ3n) is 3.54. The molecule has 1 atom stereocenters. The highest BCUT2D eigenvalue weighted by molar-refractivity contribution is 5.85. The smallest absolute Gasteiger partial charge is 0.231 e. The van der Waals surface area contributed by atoms with Gasteiger partial charge in [0.15, 0.2) is 5.82 Å². The fourth-order valence-electron chi connectivity index (χ4n) is 1.84. The molecule has 6 nitrogen and oxygen atoms in total. The average molecular weight is 339 g/mol. The third-order valence-corrected chi connectivity index (χ3v) is 3.54. The Hall–Kier alpha value is -1.92. The van der Waals surface area contributed by atoms with Crippen molar-refractivity contribution < 1.29 is 9.32 Å². The van der Waals surface area contributed by atoms with E-state index in [2.05, 4.69) is 15.5 Å². The predicted molar refractivity (Wildman–Crippen MR) is 90.2 cm³/mol. The van der Waals surface area contributed by atoms with Gasteiger partial charge in [0.2, 0.25) is 11.8 Å². The minimum absolute atomic E-state index is 0. The second-order valence-electron chi connectivity index (χ2n) is 5.99. The van der Waals surface area contributed by atoms with Crippen LogP contribution in [0.3, 0.4) is 0 Å². The molecule has 1 amide bonds. The molecule has 0 spiro atoms. The van der Waals surface area contributed by atoms with Crippen molar-refractivity contribution in [3.8, 4) is 0 Å². The molecule has 0 radical (unpaired) electrons. The first-order valence-electron chi connectivity index (χ1n) is 7.30. The summed E-state index contributed by atoms with van der Waals surface area (Å²) in [5.74, 6) is 0.865. The Morgan fingerprint density at radius 2 is 2.00 bits per heavy atom. The van der Waals surface area contributed by atoms with Crippen molar-refractivity contribution in [2.75, 3.05) is 6.54 Å². The van der Waals surface area contributed by atoms with Crippen molar-refractivity contribution in [3.63, 3.8) is 0 Å². The second kappa shape index (κ2) is 8.08. The number of nitrogens with one attached hydrogen (secondary N) is 1. The summed E-state index contributed by atoms with van der Waals surface area (Å²) in [6.45, 7) is 5.69. The zero-order valence-corrected chi connectivity index (χ0v) is 14.4. The summed E-state index contributed by atoms with van der Waals surface area (Å²) in [5, 5.41) is 6.80. The van der Waals surface area contributed by atoms with Crippen LogP contribution < -0.4 is 11.1 Å². The van der Waals surface area contributed by atoms with E-state index in [1.165, 1.54) is 0 Å². The Kier molecular flexibility index (Phi) is 6.72. The molecule has 2 rings (SSSR count). The highest BCUT2D eigenvalue weighted by Crippen LogP contribution is 2.17. The standard InChI is InChI=1S/C16H22N4O2.ClH/c1-11(18-15(21)16(2,3)10-17)14-19-13(22-20-14)9-12-7-5-4-6-8-12;/h4-8,11H,9-10,17H2,1-3H3,(H,18,21);1H. The molecule has 126 valence electrons. The number of nitrogens with two attached hydrogens (primary N) is 1. The first-order chi connectivity index (χ1) is 10.4. The first-order valence-corrected chi connectivity index (χ1v) is 7.30. The molecule has 1 heterocycles. The minimum atomic E-state index is -0.620. The first kappa shape index (κ1) is 19.1. The van der Waals surface area contributed by atoms with Crippen LogP contribution in [-0.2, 0) is 11.2 Å². The van der Waals surface area contributed by atoms with Gasteiger partial charge in [-0.25, -0.2) is 0 Å². The molecular formula is C16H23ClN4O2. The molecule has 0 saturated heterocycles. The largest absolute Gasteiger partial charge is 0.346 e. The summed E-state index contributed by atoms with van der Waals surface area (Å²) in [5.41, 5.74) is 6.08. The summed E-state index contributed by atoms with van der Waals surface area (Å²) in [7, 11) is 0. The normalized spacial score (nSPS) is 12.3. The van der Waals surface area contributed by atoms with Gasteiger partial charge in [-0.2, -0.15) is 4.98 Å². The van der Waals surface area contributed by atoms with Gasteiger partial charge in [0.05, 0.1) is 17.9 Å². The lowest BCUT2D eigenvalue weighted by atomic mass is 9.92. The third kappa shape index (κ3) is 5.04. The van der Waals surface area contributed by atoms with Gasteiger partial charge in [0, 0.05) is 6.54 Å². The van der Waals surface area contributed by atoms with Crippen LogP contribution >= 0.6 is 12.4 Å². The average Bonchev–Trinajstić information content (AvgIpc) is 2.96. The molecule has 0 aliphatic heterocycles. The van der Waals surface area contributed by atoms with Gasteiger partial charge >= 0.3 is 0 Å². The molecular weight excluding hydrogens is 316 g/mol. The monoisotopic (exact) mass is 338 g/mol. The number of carbonyl (C=O) groups is 1. The summed E-state index contributed by atoms with van der Waals surface area (Å²) in [6, 6.07) is 9.55. The van der Waals surface area contributed by atoms with E-state index in [-0.39, 0.29) is 30.9 Å². The molecule has 0 saturated carbocycles. The van der Waals surface area contributed by atoms with Crippen molar-refractivity contribution >= 4 is 18.3 Å². The maximum atomic E-state index is 12.1. The van der Waals surface area contributed by atoms with E-state index in [9.17, 15) is 4.79 Å².